The van der Waals surface area contributed by atoms with Gasteiger partial charge in [0, 0.05) is 11.6 Å². The van der Waals surface area contributed by atoms with Crippen molar-refractivity contribution < 1.29 is 17.9 Å². The maximum absolute atomic E-state index is 13.0. The number of hydrogen-bond donors (Lipinski definition) is 1. The van der Waals surface area contributed by atoms with Gasteiger partial charge in [0.1, 0.15) is 24.5 Å². The lowest BCUT2D eigenvalue weighted by Crippen LogP contribution is -2.06. The van der Waals surface area contributed by atoms with Gasteiger partial charge in [0.15, 0.2) is 0 Å². The van der Waals surface area contributed by atoms with E-state index in [0.29, 0.717) is 11.3 Å². The summed E-state index contributed by atoms with van der Waals surface area (Å²) in [7, 11) is 0. The molecule has 0 saturated heterocycles. The second kappa shape index (κ2) is 6.80. The lowest BCUT2D eigenvalue weighted by atomic mass is 10.1. The normalized spacial score (nSPS) is 11.3. The third-order valence-corrected chi connectivity index (χ3v) is 3.51. The molecule has 0 bridgehead atoms. The highest BCUT2D eigenvalue weighted by Gasteiger charge is 2.31. The molecule has 2 N–H and O–H groups in total. The average molecular weight is 345 g/mol. The SMILES string of the molecule is Nc1cc(-c2ccc(C(F)(F)F)cc2OCc2ccccc2)ncn1. The summed E-state index contributed by atoms with van der Waals surface area (Å²) in [5.41, 5.74) is 6.50. The quantitative estimate of drug-likeness (QED) is 0.765. The van der Waals surface area contributed by atoms with Crippen molar-refractivity contribution in [3.63, 3.8) is 0 Å². The fourth-order valence-electron chi connectivity index (χ4n) is 2.28. The zero-order valence-electron chi connectivity index (χ0n) is 13.0. The topological polar surface area (TPSA) is 61.0 Å². The van der Waals surface area contributed by atoms with E-state index < -0.39 is 11.7 Å². The molecule has 0 aliphatic heterocycles. The van der Waals surface area contributed by atoms with Crippen LogP contribution >= 0.6 is 0 Å². The molecule has 4 nitrogen and oxygen atoms in total. The Bertz CT molecular complexity index is 867. The minimum atomic E-state index is -4.46. The van der Waals surface area contributed by atoms with Gasteiger partial charge >= 0.3 is 6.18 Å². The predicted molar refractivity (Wildman–Crippen MR) is 87.7 cm³/mol. The van der Waals surface area contributed by atoms with Gasteiger partial charge in [-0.1, -0.05) is 30.3 Å². The molecule has 0 spiro atoms. The van der Waals surface area contributed by atoms with E-state index in [9.17, 15) is 13.2 Å². The molecule has 0 aliphatic rings. The van der Waals surface area contributed by atoms with Crippen LogP contribution in [0.25, 0.3) is 11.3 Å². The summed E-state index contributed by atoms with van der Waals surface area (Å²) >= 11 is 0. The summed E-state index contributed by atoms with van der Waals surface area (Å²) < 4.78 is 44.7. The van der Waals surface area contributed by atoms with Crippen molar-refractivity contribution in [2.75, 3.05) is 5.73 Å². The van der Waals surface area contributed by atoms with Crippen molar-refractivity contribution in [1.29, 1.82) is 0 Å². The molecule has 0 saturated carbocycles. The first-order valence-corrected chi connectivity index (χ1v) is 7.39. The average Bonchev–Trinajstić information content (AvgIpc) is 2.60. The van der Waals surface area contributed by atoms with Crippen LogP contribution in [0, 0.1) is 0 Å². The number of nitrogens with two attached hydrogens (primary N) is 1. The van der Waals surface area contributed by atoms with Crippen LogP contribution in [0.3, 0.4) is 0 Å². The zero-order valence-corrected chi connectivity index (χ0v) is 13.0. The van der Waals surface area contributed by atoms with Gasteiger partial charge in [0.25, 0.3) is 0 Å². The number of ether oxygens (including phenoxy) is 1. The smallest absolute Gasteiger partial charge is 0.416 e. The molecule has 3 rings (SSSR count). The first-order valence-electron chi connectivity index (χ1n) is 7.39. The van der Waals surface area contributed by atoms with Gasteiger partial charge in [0.2, 0.25) is 0 Å². The molecular formula is C18H14F3N3O. The first-order chi connectivity index (χ1) is 11.9. The maximum atomic E-state index is 13.0. The van der Waals surface area contributed by atoms with Crippen LogP contribution in [-0.2, 0) is 12.8 Å². The summed E-state index contributed by atoms with van der Waals surface area (Å²) in [4.78, 5) is 7.86. The highest BCUT2D eigenvalue weighted by Crippen LogP contribution is 2.37. The van der Waals surface area contributed by atoms with Crippen LogP contribution in [0.15, 0.2) is 60.9 Å². The third kappa shape index (κ3) is 4.06. The Hall–Kier alpha value is -3.09. The van der Waals surface area contributed by atoms with Crippen LogP contribution in [0.2, 0.25) is 0 Å². The Kier molecular flexibility index (Phi) is 4.56. The van der Waals surface area contributed by atoms with Crippen LogP contribution in [0.4, 0.5) is 19.0 Å². The van der Waals surface area contributed by atoms with Gasteiger partial charge < -0.3 is 10.5 Å². The fraction of sp³-hybridized carbons (Fsp3) is 0.111. The largest absolute Gasteiger partial charge is 0.488 e. The molecule has 3 aromatic rings. The number of nitrogen functional groups attached to an aromatic ring is 1. The lowest BCUT2D eigenvalue weighted by Gasteiger charge is -2.14. The van der Waals surface area contributed by atoms with Crippen LogP contribution in [-0.4, -0.2) is 9.97 Å². The predicted octanol–water partition coefficient (Wildman–Crippen LogP) is 4.32. The van der Waals surface area contributed by atoms with Gasteiger partial charge in [-0.25, -0.2) is 9.97 Å². The Morgan fingerprint density at radius 1 is 0.960 bits per heavy atom. The van der Waals surface area contributed by atoms with Crippen LogP contribution < -0.4 is 10.5 Å². The number of hydrogen-bond acceptors (Lipinski definition) is 4. The second-order valence-electron chi connectivity index (χ2n) is 5.31. The summed E-state index contributed by atoms with van der Waals surface area (Å²) in [6.07, 6.45) is -3.21. The Labute approximate surface area is 142 Å². The Morgan fingerprint density at radius 2 is 1.72 bits per heavy atom. The maximum Gasteiger partial charge on any atom is 0.416 e. The molecule has 1 aromatic heterocycles. The number of rotatable bonds is 4. The van der Waals surface area contributed by atoms with E-state index in [1.165, 1.54) is 18.5 Å². The number of alkyl halides is 3. The van der Waals surface area contributed by atoms with Crippen LogP contribution in [0.1, 0.15) is 11.1 Å². The Morgan fingerprint density at radius 3 is 2.40 bits per heavy atom. The van der Waals surface area contributed by atoms with Crippen molar-refractivity contribution in [2.24, 2.45) is 0 Å². The van der Waals surface area contributed by atoms with Crippen molar-refractivity contribution in [1.82, 2.24) is 9.97 Å². The van der Waals surface area contributed by atoms with E-state index in [4.69, 9.17) is 10.5 Å². The highest BCUT2D eigenvalue weighted by molar-refractivity contribution is 5.69. The van der Waals surface area contributed by atoms with E-state index >= 15 is 0 Å². The lowest BCUT2D eigenvalue weighted by molar-refractivity contribution is -0.137. The standard InChI is InChI=1S/C18H14F3N3O/c19-18(20,21)13-6-7-14(15-9-17(22)24-11-23-15)16(8-13)25-10-12-4-2-1-3-5-12/h1-9,11H,10H2,(H2,22,23,24). The summed E-state index contributed by atoms with van der Waals surface area (Å²) in [5.74, 6) is 0.302. The van der Waals surface area contributed by atoms with Crippen molar-refractivity contribution in [3.05, 3.63) is 72.1 Å². The second-order valence-corrected chi connectivity index (χ2v) is 5.31. The number of anilines is 1. The van der Waals surface area contributed by atoms with Crippen LogP contribution in [0.5, 0.6) is 5.75 Å². The highest BCUT2D eigenvalue weighted by atomic mass is 19.4. The number of halogens is 3. The van der Waals surface area contributed by atoms with E-state index in [1.54, 1.807) is 0 Å². The minimum Gasteiger partial charge on any atom is -0.488 e. The summed E-state index contributed by atoms with van der Waals surface area (Å²) in [6, 6.07) is 13.9. The molecule has 128 valence electrons. The van der Waals surface area contributed by atoms with Crippen molar-refractivity contribution >= 4 is 5.82 Å². The molecule has 0 aliphatic carbocycles. The van der Waals surface area contributed by atoms with Gasteiger partial charge in [-0.05, 0) is 23.8 Å². The molecule has 2 aromatic carbocycles. The molecule has 1 heterocycles. The fourth-order valence-corrected chi connectivity index (χ4v) is 2.28. The molecule has 7 heteroatoms. The van der Waals surface area contributed by atoms with Gasteiger partial charge in [-0.2, -0.15) is 13.2 Å². The molecule has 0 amide bonds. The van der Waals surface area contributed by atoms with E-state index in [1.807, 2.05) is 30.3 Å². The number of aromatic nitrogens is 2. The van der Waals surface area contributed by atoms with Gasteiger partial charge in [-0.3, -0.25) is 0 Å². The number of benzene rings is 2. The van der Waals surface area contributed by atoms with E-state index in [-0.39, 0.29) is 18.2 Å². The number of nitrogens with zero attached hydrogens (tertiary/aromatic N) is 2. The molecular weight excluding hydrogens is 331 g/mol. The molecule has 0 radical (unpaired) electrons. The minimum absolute atomic E-state index is 0.0804. The Balaban J connectivity index is 1.99. The van der Waals surface area contributed by atoms with Crippen molar-refractivity contribution in [2.45, 2.75) is 12.8 Å². The van der Waals surface area contributed by atoms with Crippen molar-refractivity contribution in [3.8, 4) is 17.0 Å². The monoisotopic (exact) mass is 345 g/mol. The van der Waals surface area contributed by atoms with Gasteiger partial charge in [-0.15, -0.1) is 0 Å². The first kappa shape index (κ1) is 16.8. The summed E-state index contributed by atoms with van der Waals surface area (Å²) in [6.45, 7) is 0.135. The van der Waals surface area contributed by atoms with Gasteiger partial charge in [0.05, 0.1) is 11.3 Å². The molecule has 25 heavy (non-hydrogen) atoms. The van der Waals surface area contributed by atoms with E-state index in [0.717, 1.165) is 17.7 Å². The molecule has 0 unspecified atom stereocenters. The summed E-state index contributed by atoms with van der Waals surface area (Å²) in [5, 5.41) is 0. The molecule has 0 fully saturated rings. The molecule has 0 atom stereocenters. The zero-order chi connectivity index (χ0) is 17.9. The third-order valence-electron chi connectivity index (χ3n) is 3.51. The van der Waals surface area contributed by atoms with E-state index in [2.05, 4.69) is 9.97 Å².